The zero-order chi connectivity index (χ0) is 18.6. The van der Waals surface area contributed by atoms with Gasteiger partial charge in [0, 0.05) is 18.0 Å². The second-order valence-electron chi connectivity index (χ2n) is 6.70. The molecule has 3 rings (SSSR count). The van der Waals surface area contributed by atoms with E-state index in [0.29, 0.717) is 6.04 Å². The minimum atomic E-state index is -4.43. The van der Waals surface area contributed by atoms with Crippen LogP contribution in [0.5, 0.6) is 5.75 Å². The number of nitrogens with zero attached hydrogens (tertiary/aromatic N) is 1. The van der Waals surface area contributed by atoms with E-state index < -0.39 is 22.2 Å². The fourth-order valence-electron chi connectivity index (χ4n) is 3.75. The first-order chi connectivity index (χ1) is 12.4. The number of rotatable bonds is 5. The van der Waals surface area contributed by atoms with Gasteiger partial charge in [-0.05, 0) is 50.9 Å². The Balaban J connectivity index is 1.50. The first-order valence-corrected chi connectivity index (χ1v) is 10.2. The van der Waals surface area contributed by atoms with Crippen molar-refractivity contribution in [2.45, 2.75) is 38.1 Å². The van der Waals surface area contributed by atoms with Gasteiger partial charge >= 0.3 is 16.4 Å². The van der Waals surface area contributed by atoms with Crippen LogP contribution in [0.25, 0.3) is 0 Å². The Morgan fingerprint density at radius 2 is 2.04 bits per heavy atom. The maximum absolute atomic E-state index is 13.1. The highest BCUT2D eigenvalue weighted by Gasteiger charge is 2.33. The highest BCUT2D eigenvalue weighted by atomic mass is 32.2. The van der Waals surface area contributed by atoms with Gasteiger partial charge in [0.1, 0.15) is 11.6 Å². The number of benzene rings is 1. The van der Waals surface area contributed by atoms with Gasteiger partial charge in [-0.3, -0.25) is 4.90 Å². The summed E-state index contributed by atoms with van der Waals surface area (Å²) < 4.78 is 48.2. The van der Waals surface area contributed by atoms with E-state index in [9.17, 15) is 17.6 Å². The van der Waals surface area contributed by atoms with E-state index in [1.165, 1.54) is 25.0 Å². The molecule has 0 bridgehead atoms. The van der Waals surface area contributed by atoms with Crippen LogP contribution in [0.15, 0.2) is 24.3 Å². The molecule has 0 unspecified atom stereocenters. The third-order valence-corrected chi connectivity index (χ3v) is 5.70. The summed E-state index contributed by atoms with van der Waals surface area (Å²) in [6.45, 7) is 2.31. The molecule has 0 spiro atoms. The number of amides is 1. The molecule has 1 amide bonds. The van der Waals surface area contributed by atoms with E-state index in [0.717, 1.165) is 44.5 Å². The number of carbonyl (C=O) groups excluding carboxylic acids is 1. The normalized spacial score (nSPS) is 23.7. The Morgan fingerprint density at radius 1 is 1.23 bits per heavy atom. The molecule has 2 aliphatic rings. The van der Waals surface area contributed by atoms with E-state index in [2.05, 4.69) is 9.08 Å². The summed E-state index contributed by atoms with van der Waals surface area (Å²) >= 11 is 0. The van der Waals surface area contributed by atoms with Gasteiger partial charge in [0.2, 0.25) is 0 Å². The molecule has 0 radical (unpaired) electrons. The number of fused-ring (bicyclic) bond motifs is 1. The van der Waals surface area contributed by atoms with Crippen LogP contribution < -0.4 is 8.91 Å². The van der Waals surface area contributed by atoms with Gasteiger partial charge < -0.3 is 8.92 Å². The minimum absolute atomic E-state index is 0.169. The molecule has 26 heavy (non-hydrogen) atoms. The van der Waals surface area contributed by atoms with Crippen molar-refractivity contribution in [2.24, 2.45) is 5.92 Å². The Bertz CT molecular complexity index is 740. The fraction of sp³-hybridized carbons (Fsp3) is 0.588. The Morgan fingerprint density at radius 3 is 2.85 bits per heavy atom. The molecule has 0 aromatic heterocycles. The summed E-state index contributed by atoms with van der Waals surface area (Å²) in [5.74, 6) is -0.660. The molecule has 144 valence electrons. The Labute approximate surface area is 152 Å². The van der Waals surface area contributed by atoms with Crippen molar-refractivity contribution < 1.29 is 26.5 Å². The zero-order valence-electron chi connectivity index (χ0n) is 14.4. The van der Waals surface area contributed by atoms with Crippen LogP contribution in [-0.4, -0.2) is 45.1 Å². The van der Waals surface area contributed by atoms with E-state index in [4.69, 9.17) is 4.74 Å². The summed E-state index contributed by atoms with van der Waals surface area (Å²) in [6, 6.07) is 5.03. The fourth-order valence-corrected chi connectivity index (χ4v) is 4.41. The van der Waals surface area contributed by atoms with Gasteiger partial charge in [0.15, 0.2) is 0 Å². The Hall–Kier alpha value is -1.87. The zero-order valence-corrected chi connectivity index (χ0v) is 15.2. The number of hydrogen-bond acceptors (Lipinski definition) is 6. The lowest BCUT2D eigenvalue weighted by Crippen LogP contribution is -2.49. The summed E-state index contributed by atoms with van der Waals surface area (Å²) in [7, 11) is -4.43. The van der Waals surface area contributed by atoms with Crippen molar-refractivity contribution >= 4 is 16.4 Å². The molecule has 1 N–H and O–H groups in total. The van der Waals surface area contributed by atoms with Crippen LogP contribution in [0.2, 0.25) is 0 Å². The first-order valence-electron chi connectivity index (χ1n) is 8.81. The molecule has 0 aliphatic carbocycles. The number of halogens is 1. The van der Waals surface area contributed by atoms with Crippen LogP contribution in [0.3, 0.4) is 0 Å². The lowest BCUT2D eigenvalue weighted by atomic mass is 9.84. The van der Waals surface area contributed by atoms with Gasteiger partial charge in [-0.25, -0.2) is 9.18 Å². The molecule has 2 saturated heterocycles. The van der Waals surface area contributed by atoms with Crippen molar-refractivity contribution in [2.75, 3.05) is 19.7 Å². The number of nitrogens with one attached hydrogen (secondary N) is 1. The third kappa shape index (κ3) is 5.07. The second-order valence-corrected chi connectivity index (χ2v) is 7.98. The van der Waals surface area contributed by atoms with E-state index in [1.807, 2.05) is 0 Å². The molecular formula is C17H23FN2O5S. The molecule has 0 saturated carbocycles. The van der Waals surface area contributed by atoms with Crippen molar-refractivity contribution in [3.05, 3.63) is 30.1 Å². The molecule has 2 atom stereocenters. The van der Waals surface area contributed by atoms with Crippen molar-refractivity contribution in [3.8, 4) is 5.75 Å². The van der Waals surface area contributed by atoms with Gasteiger partial charge in [-0.1, -0.05) is 12.5 Å². The predicted octanol–water partition coefficient (Wildman–Crippen LogP) is 2.44. The largest absolute Gasteiger partial charge is 0.448 e. The summed E-state index contributed by atoms with van der Waals surface area (Å²) in [5.41, 5.74) is 0. The van der Waals surface area contributed by atoms with Crippen LogP contribution in [0, 0.1) is 11.7 Å². The topological polar surface area (TPSA) is 84.9 Å². The van der Waals surface area contributed by atoms with Crippen LogP contribution in [-0.2, 0) is 15.0 Å². The molecule has 1 aromatic carbocycles. The molecule has 9 heteroatoms. The first kappa shape index (κ1) is 18.9. The van der Waals surface area contributed by atoms with Crippen LogP contribution >= 0.6 is 0 Å². The van der Waals surface area contributed by atoms with Crippen LogP contribution in [0.4, 0.5) is 9.18 Å². The molecule has 2 aliphatic heterocycles. The number of carbonyl (C=O) groups is 1. The summed E-state index contributed by atoms with van der Waals surface area (Å²) in [5, 5.41) is 0. The SMILES string of the molecule is O=C(NS(=O)(=O)Oc1cccc(F)c1)OC[C@@H]1CCCN2CCCC[C@H]12. The summed E-state index contributed by atoms with van der Waals surface area (Å²) in [4.78, 5) is 14.3. The minimum Gasteiger partial charge on any atom is -0.448 e. The van der Waals surface area contributed by atoms with Gasteiger partial charge in [-0.2, -0.15) is 13.1 Å². The molecule has 2 heterocycles. The number of ether oxygens (including phenoxy) is 1. The highest BCUT2D eigenvalue weighted by Crippen LogP contribution is 2.31. The van der Waals surface area contributed by atoms with E-state index in [1.54, 1.807) is 4.72 Å². The molecular weight excluding hydrogens is 363 g/mol. The lowest BCUT2D eigenvalue weighted by molar-refractivity contribution is 0.0244. The van der Waals surface area contributed by atoms with Gasteiger partial charge in [0.25, 0.3) is 0 Å². The van der Waals surface area contributed by atoms with Crippen molar-refractivity contribution in [1.29, 1.82) is 0 Å². The van der Waals surface area contributed by atoms with Gasteiger partial charge in [-0.15, -0.1) is 0 Å². The maximum atomic E-state index is 13.1. The van der Waals surface area contributed by atoms with E-state index >= 15 is 0 Å². The second kappa shape index (κ2) is 8.22. The van der Waals surface area contributed by atoms with Crippen molar-refractivity contribution in [1.82, 2.24) is 9.62 Å². The van der Waals surface area contributed by atoms with E-state index in [-0.39, 0.29) is 18.3 Å². The molecule has 2 fully saturated rings. The average molecular weight is 386 g/mol. The monoisotopic (exact) mass is 386 g/mol. The lowest BCUT2D eigenvalue weighted by Gasteiger charge is -2.44. The highest BCUT2D eigenvalue weighted by molar-refractivity contribution is 7.85. The number of hydrogen-bond donors (Lipinski definition) is 1. The number of piperidine rings is 2. The maximum Gasteiger partial charge on any atom is 0.423 e. The Kier molecular flexibility index (Phi) is 5.98. The molecule has 1 aromatic rings. The van der Waals surface area contributed by atoms with Crippen LogP contribution in [0.1, 0.15) is 32.1 Å². The standard InChI is InChI=1S/C17H23FN2O5S/c18-14-6-3-7-15(11-14)25-26(22,23)19-17(21)24-12-13-5-4-10-20-9-2-1-8-16(13)20/h3,6-7,11,13,16H,1-2,4-5,8-10,12H2,(H,19,21)/t13-,16+/m0/s1. The third-order valence-electron chi connectivity index (χ3n) is 4.87. The summed E-state index contributed by atoms with van der Waals surface area (Å²) in [6.07, 6.45) is 4.36. The molecule has 7 nitrogen and oxygen atoms in total. The smallest absolute Gasteiger partial charge is 0.423 e. The van der Waals surface area contributed by atoms with Crippen molar-refractivity contribution in [3.63, 3.8) is 0 Å². The van der Waals surface area contributed by atoms with Gasteiger partial charge in [0.05, 0.1) is 6.61 Å². The predicted molar refractivity (Wildman–Crippen MR) is 92.4 cm³/mol. The quantitative estimate of drug-likeness (QED) is 0.837. The average Bonchev–Trinajstić information content (AvgIpc) is 2.59.